The van der Waals surface area contributed by atoms with E-state index in [9.17, 15) is 14.4 Å². The zero-order valence-corrected chi connectivity index (χ0v) is 9.03. The monoisotopic (exact) mass is 224 g/mol. The van der Waals surface area contributed by atoms with Gasteiger partial charge in [0.05, 0.1) is 12.9 Å². The number of rotatable bonds is 2. The van der Waals surface area contributed by atoms with Crippen molar-refractivity contribution >= 4 is 24.6 Å². The largest absolute Gasteiger partial charge is 0.340 e. The molecule has 2 aliphatic rings. The van der Waals surface area contributed by atoms with E-state index in [1.165, 1.54) is 18.3 Å². The number of carbonyl (C=O) groups is 3. The third-order valence-electron chi connectivity index (χ3n) is 2.86. The van der Waals surface area contributed by atoms with E-state index in [4.69, 9.17) is 0 Å². The van der Waals surface area contributed by atoms with Gasteiger partial charge in [-0.1, -0.05) is 0 Å². The van der Waals surface area contributed by atoms with Gasteiger partial charge in [0.25, 0.3) is 5.91 Å². The number of urea groups is 1. The van der Waals surface area contributed by atoms with Crippen molar-refractivity contribution < 1.29 is 14.4 Å². The number of likely N-dealkylation sites (N-methyl/N-ethyl adjacent to an activating group) is 2. The molecular weight excluding hydrogens is 212 g/mol. The minimum absolute atomic E-state index is 0.103. The quantitative estimate of drug-likeness (QED) is 0.549. The molecule has 0 aromatic carbocycles. The number of fused-ring (bicyclic) bond motifs is 1. The van der Waals surface area contributed by atoms with Gasteiger partial charge in [-0.2, -0.15) is 0 Å². The first kappa shape index (κ1) is 10.6. The molecule has 7 nitrogen and oxygen atoms in total. The molecule has 2 atom stereocenters. The Morgan fingerprint density at radius 3 is 2.75 bits per heavy atom. The summed E-state index contributed by atoms with van der Waals surface area (Å²) in [7, 11) is 3.01. The van der Waals surface area contributed by atoms with Crippen LogP contribution in [0.5, 0.6) is 0 Å². The maximum Gasteiger partial charge on any atom is 0.328 e. The Kier molecular flexibility index (Phi) is 2.37. The van der Waals surface area contributed by atoms with E-state index < -0.39 is 12.2 Å². The first-order valence-electron chi connectivity index (χ1n) is 4.85. The molecule has 1 saturated heterocycles. The SMILES string of the molecule is CN1C(=O)C2C(N=CN2CC=O)N(C)C1=O. The summed E-state index contributed by atoms with van der Waals surface area (Å²) in [5.41, 5.74) is 0. The minimum Gasteiger partial charge on any atom is -0.340 e. The predicted molar refractivity (Wildman–Crippen MR) is 54.8 cm³/mol. The van der Waals surface area contributed by atoms with Gasteiger partial charge in [-0.25, -0.2) is 9.79 Å². The van der Waals surface area contributed by atoms with Crippen molar-refractivity contribution in [2.45, 2.75) is 12.2 Å². The average molecular weight is 224 g/mol. The topological polar surface area (TPSA) is 73.3 Å². The van der Waals surface area contributed by atoms with E-state index in [0.717, 1.165) is 4.90 Å². The number of imide groups is 1. The molecule has 0 aliphatic carbocycles. The molecular formula is C9H12N4O3. The van der Waals surface area contributed by atoms with Gasteiger partial charge in [0.15, 0.2) is 12.2 Å². The average Bonchev–Trinajstić information content (AvgIpc) is 2.68. The molecule has 2 rings (SSSR count). The van der Waals surface area contributed by atoms with Gasteiger partial charge in [-0.05, 0) is 0 Å². The first-order valence-corrected chi connectivity index (χ1v) is 4.85. The van der Waals surface area contributed by atoms with Gasteiger partial charge in [-0.3, -0.25) is 9.69 Å². The van der Waals surface area contributed by atoms with Crippen molar-refractivity contribution in [1.82, 2.24) is 14.7 Å². The van der Waals surface area contributed by atoms with Crippen LogP contribution in [0.3, 0.4) is 0 Å². The van der Waals surface area contributed by atoms with E-state index in [-0.39, 0.29) is 18.5 Å². The zero-order chi connectivity index (χ0) is 11.9. The molecule has 2 aliphatic heterocycles. The maximum atomic E-state index is 11.9. The van der Waals surface area contributed by atoms with Crippen LogP contribution in [0.4, 0.5) is 4.79 Å². The number of aldehydes is 1. The van der Waals surface area contributed by atoms with Gasteiger partial charge >= 0.3 is 6.03 Å². The van der Waals surface area contributed by atoms with Crippen LogP contribution < -0.4 is 0 Å². The summed E-state index contributed by atoms with van der Waals surface area (Å²) in [5.74, 6) is -0.326. The van der Waals surface area contributed by atoms with Crippen molar-refractivity contribution in [3.05, 3.63) is 0 Å². The number of amides is 3. The fourth-order valence-corrected chi connectivity index (χ4v) is 1.95. The van der Waals surface area contributed by atoms with Gasteiger partial charge in [0.2, 0.25) is 0 Å². The van der Waals surface area contributed by atoms with Crippen molar-refractivity contribution in [3.8, 4) is 0 Å². The summed E-state index contributed by atoms with van der Waals surface area (Å²) in [6.07, 6.45) is 1.64. The molecule has 86 valence electrons. The predicted octanol–water partition coefficient (Wildman–Crippen LogP) is -1.25. The molecule has 3 amide bonds. The molecule has 0 aromatic heterocycles. The number of carbonyl (C=O) groups excluding carboxylic acids is 3. The lowest BCUT2D eigenvalue weighted by molar-refractivity contribution is -0.136. The fraction of sp³-hybridized carbons (Fsp3) is 0.556. The number of nitrogens with zero attached hydrogens (tertiary/aromatic N) is 4. The smallest absolute Gasteiger partial charge is 0.328 e. The van der Waals surface area contributed by atoms with E-state index in [1.807, 2.05) is 0 Å². The Balaban J connectivity index is 2.29. The Bertz CT molecular complexity index is 381. The van der Waals surface area contributed by atoms with Crippen LogP contribution in [-0.4, -0.2) is 72.1 Å². The van der Waals surface area contributed by atoms with Crippen LogP contribution >= 0.6 is 0 Å². The van der Waals surface area contributed by atoms with E-state index in [2.05, 4.69) is 4.99 Å². The Morgan fingerprint density at radius 1 is 1.44 bits per heavy atom. The van der Waals surface area contributed by atoms with Crippen LogP contribution in [0.2, 0.25) is 0 Å². The van der Waals surface area contributed by atoms with Gasteiger partial charge in [0, 0.05) is 14.1 Å². The first-order chi connectivity index (χ1) is 7.57. The Morgan fingerprint density at radius 2 is 2.12 bits per heavy atom. The van der Waals surface area contributed by atoms with Crippen LogP contribution in [0.25, 0.3) is 0 Å². The molecule has 2 unspecified atom stereocenters. The lowest BCUT2D eigenvalue weighted by atomic mass is 10.1. The second-order valence-corrected chi connectivity index (χ2v) is 3.78. The summed E-state index contributed by atoms with van der Waals surface area (Å²) in [5, 5.41) is 0. The number of hydrogen-bond donors (Lipinski definition) is 0. The summed E-state index contributed by atoms with van der Waals surface area (Å²) in [4.78, 5) is 42.0. The van der Waals surface area contributed by atoms with Gasteiger partial charge < -0.3 is 14.6 Å². The molecule has 7 heteroatoms. The molecule has 16 heavy (non-hydrogen) atoms. The highest BCUT2D eigenvalue weighted by atomic mass is 16.2. The normalized spacial score (nSPS) is 28.8. The maximum absolute atomic E-state index is 11.9. The minimum atomic E-state index is -0.571. The second kappa shape index (κ2) is 3.58. The van der Waals surface area contributed by atoms with Crippen molar-refractivity contribution in [1.29, 1.82) is 0 Å². The highest BCUT2D eigenvalue weighted by molar-refractivity contribution is 6.01. The number of hydrogen-bond acceptors (Lipinski definition) is 5. The molecule has 0 bridgehead atoms. The van der Waals surface area contributed by atoms with Crippen molar-refractivity contribution in [3.63, 3.8) is 0 Å². The molecule has 0 radical (unpaired) electrons. The summed E-state index contributed by atoms with van der Waals surface area (Å²) >= 11 is 0. The van der Waals surface area contributed by atoms with Crippen LogP contribution in [0.1, 0.15) is 0 Å². The highest BCUT2D eigenvalue weighted by Crippen LogP contribution is 2.23. The van der Waals surface area contributed by atoms with Gasteiger partial charge in [-0.15, -0.1) is 0 Å². The lowest BCUT2D eigenvalue weighted by Gasteiger charge is -2.39. The lowest BCUT2D eigenvalue weighted by Crippen LogP contribution is -2.63. The third kappa shape index (κ3) is 1.28. The Labute approximate surface area is 92.3 Å². The van der Waals surface area contributed by atoms with E-state index >= 15 is 0 Å². The van der Waals surface area contributed by atoms with E-state index in [1.54, 1.807) is 11.9 Å². The summed E-state index contributed by atoms with van der Waals surface area (Å²) < 4.78 is 0. The molecule has 0 N–H and O–H groups in total. The van der Waals surface area contributed by atoms with Crippen molar-refractivity contribution in [2.24, 2.45) is 4.99 Å². The zero-order valence-electron chi connectivity index (χ0n) is 9.03. The summed E-state index contributed by atoms with van der Waals surface area (Å²) in [6, 6.07) is -0.950. The van der Waals surface area contributed by atoms with Crippen molar-refractivity contribution in [2.75, 3.05) is 20.6 Å². The highest BCUT2D eigenvalue weighted by Gasteiger charge is 2.48. The number of aliphatic imine (C=N–C) groups is 1. The molecule has 0 spiro atoms. The van der Waals surface area contributed by atoms with Crippen LogP contribution in [0.15, 0.2) is 4.99 Å². The third-order valence-corrected chi connectivity index (χ3v) is 2.86. The second-order valence-electron chi connectivity index (χ2n) is 3.78. The van der Waals surface area contributed by atoms with Gasteiger partial charge in [0.1, 0.15) is 6.29 Å². The molecule has 0 aromatic rings. The molecule has 2 heterocycles. The molecule has 1 fully saturated rings. The Hall–Kier alpha value is -1.92. The van der Waals surface area contributed by atoms with Crippen LogP contribution in [0, 0.1) is 0 Å². The fourth-order valence-electron chi connectivity index (χ4n) is 1.95. The standard InChI is InChI=1S/C9H12N4O3/c1-11-7-6(8(15)12(2)9(11)16)13(3-4-14)5-10-7/h4-7H,3H2,1-2H3. The van der Waals surface area contributed by atoms with E-state index in [0.29, 0.717) is 6.29 Å². The summed E-state index contributed by atoms with van der Waals surface area (Å²) in [6.45, 7) is 0.103. The van der Waals surface area contributed by atoms with Crippen LogP contribution in [-0.2, 0) is 9.59 Å². The molecule has 0 saturated carbocycles.